The summed E-state index contributed by atoms with van der Waals surface area (Å²) in [5.41, 5.74) is -2.99. The van der Waals surface area contributed by atoms with Crippen LogP contribution in [0.2, 0.25) is 0 Å². The van der Waals surface area contributed by atoms with Crippen LogP contribution in [0, 0.1) is 0 Å². The lowest BCUT2D eigenvalue weighted by atomic mass is 10.0. The second kappa shape index (κ2) is 4.56. The second-order valence-electron chi connectivity index (χ2n) is 3.92. The Balaban J connectivity index is 2.89. The van der Waals surface area contributed by atoms with Crippen LogP contribution in [0.15, 0.2) is 0 Å². The molecule has 1 aliphatic rings. The number of carbonyl (C=O) groups is 3. The van der Waals surface area contributed by atoms with Crippen molar-refractivity contribution in [2.45, 2.75) is 18.6 Å². The maximum absolute atomic E-state index is 12.7. The molecule has 1 heterocycles. The van der Waals surface area contributed by atoms with Crippen LogP contribution in [-0.4, -0.2) is 54.6 Å². The number of nitrogens with zero attached hydrogens (tertiary/aromatic N) is 1. The maximum atomic E-state index is 12.7. The van der Waals surface area contributed by atoms with Gasteiger partial charge >= 0.3 is 12.2 Å². The molecule has 18 heavy (non-hydrogen) atoms. The van der Waals surface area contributed by atoms with Gasteiger partial charge in [-0.3, -0.25) is 14.5 Å². The summed E-state index contributed by atoms with van der Waals surface area (Å²) in [6, 6.07) is -1.25. The van der Waals surface area contributed by atoms with Gasteiger partial charge in [-0.1, -0.05) is 0 Å². The highest BCUT2D eigenvalue weighted by Gasteiger charge is 2.64. The minimum absolute atomic E-state index is 0.231. The van der Waals surface area contributed by atoms with Crippen LogP contribution in [0.25, 0.3) is 0 Å². The number of ether oxygens (including phenoxy) is 1. The topological polar surface area (TPSA) is 75.7 Å². The first-order valence-corrected chi connectivity index (χ1v) is 4.85. The number of alkyl halides is 3. The molecule has 1 rings (SSSR count). The van der Waals surface area contributed by atoms with E-state index in [0.29, 0.717) is 6.92 Å². The molecule has 1 unspecified atom stereocenters. The number of amides is 3. The number of hydrogen-bond donors (Lipinski definition) is 1. The van der Waals surface area contributed by atoms with Crippen LogP contribution in [-0.2, 0) is 14.3 Å². The molecule has 0 radical (unpaired) electrons. The summed E-state index contributed by atoms with van der Waals surface area (Å²) in [6.45, 7) is -0.585. The minimum Gasteiger partial charge on any atom is -0.377 e. The largest absolute Gasteiger partial charge is 0.420 e. The molecular weight excluding hydrogens is 257 g/mol. The van der Waals surface area contributed by atoms with Gasteiger partial charge in [-0.25, -0.2) is 4.79 Å². The zero-order valence-electron chi connectivity index (χ0n) is 9.63. The molecule has 0 saturated carbocycles. The summed E-state index contributed by atoms with van der Waals surface area (Å²) < 4.78 is 42.4. The molecule has 1 N–H and O–H groups in total. The van der Waals surface area contributed by atoms with Gasteiger partial charge in [0.05, 0.1) is 6.54 Å². The number of ketones is 1. The molecule has 1 fully saturated rings. The standard InChI is InChI=1S/C9H11F3N2O4/c1-8(9(10,11)12)6(16)14(7(17)13-8)3-5(15)4-18-2/h3-4H2,1-2H3,(H,13,17). The minimum atomic E-state index is -4.93. The Hall–Kier alpha value is -1.64. The fourth-order valence-corrected chi connectivity index (χ4v) is 1.42. The van der Waals surface area contributed by atoms with Gasteiger partial charge in [-0.15, -0.1) is 0 Å². The SMILES string of the molecule is COCC(=O)CN1C(=O)NC(C)(C(F)(F)F)C1=O. The lowest BCUT2D eigenvalue weighted by molar-refractivity contribution is -0.191. The average molecular weight is 268 g/mol. The monoisotopic (exact) mass is 268 g/mol. The Morgan fingerprint density at radius 3 is 2.39 bits per heavy atom. The van der Waals surface area contributed by atoms with Gasteiger partial charge in [0.1, 0.15) is 6.61 Å². The maximum Gasteiger partial charge on any atom is 0.420 e. The highest BCUT2D eigenvalue weighted by molar-refractivity contribution is 6.09. The summed E-state index contributed by atoms with van der Waals surface area (Å²) in [7, 11) is 1.21. The van der Waals surface area contributed by atoms with Crippen molar-refractivity contribution in [3.8, 4) is 0 Å². The Morgan fingerprint density at radius 1 is 1.44 bits per heavy atom. The first kappa shape index (κ1) is 14.4. The van der Waals surface area contributed by atoms with Crippen LogP contribution in [0.4, 0.5) is 18.0 Å². The summed E-state index contributed by atoms with van der Waals surface area (Å²) in [5.74, 6) is -2.17. The number of imide groups is 1. The van der Waals surface area contributed by atoms with Crippen LogP contribution in [0.1, 0.15) is 6.92 Å². The molecule has 9 heteroatoms. The number of nitrogens with one attached hydrogen (secondary N) is 1. The van der Waals surface area contributed by atoms with Crippen molar-refractivity contribution in [3.63, 3.8) is 0 Å². The third kappa shape index (κ3) is 2.30. The van der Waals surface area contributed by atoms with E-state index < -0.39 is 36.0 Å². The number of Topliss-reactive ketones (excluding diaryl/α,β-unsaturated/α-hetero) is 1. The van der Waals surface area contributed by atoms with E-state index in [4.69, 9.17) is 0 Å². The molecule has 0 spiro atoms. The van der Waals surface area contributed by atoms with Gasteiger partial charge in [0, 0.05) is 7.11 Å². The number of urea groups is 1. The van der Waals surface area contributed by atoms with E-state index in [0.717, 1.165) is 0 Å². The molecule has 0 aliphatic carbocycles. The van der Waals surface area contributed by atoms with Gasteiger partial charge < -0.3 is 10.1 Å². The van der Waals surface area contributed by atoms with Crippen molar-refractivity contribution < 1.29 is 32.3 Å². The van der Waals surface area contributed by atoms with Gasteiger partial charge in [-0.05, 0) is 6.92 Å². The fraction of sp³-hybridized carbons (Fsp3) is 0.667. The third-order valence-corrected chi connectivity index (χ3v) is 2.48. The summed E-state index contributed by atoms with van der Waals surface area (Å²) >= 11 is 0. The Morgan fingerprint density at radius 2 is 2.00 bits per heavy atom. The smallest absolute Gasteiger partial charge is 0.377 e. The van der Waals surface area contributed by atoms with Crippen LogP contribution in [0.3, 0.4) is 0 Å². The molecule has 1 saturated heterocycles. The molecule has 6 nitrogen and oxygen atoms in total. The lowest BCUT2D eigenvalue weighted by Crippen LogP contribution is -2.56. The molecule has 102 valence electrons. The summed E-state index contributed by atoms with van der Waals surface area (Å²) in [5, 5.41) is 1.54. The van der Waals surface area contributed by atoms with Crippen LogP contribution in [0.5, 0.6) is 0 Å². The van der Waals surface area contributed by atoms with E-state index >= 15 is 0 Å². The van der Waals surface area contributed by atoms with E-state index in [-0.39, 0.29) is 11.5 Å². The third-order valence-electron chi connectivity index (χ3n) is 2.48. The number of methoxy groups -OCH3 is 1. The fourth-order valence-electron chi connectivity index (χ4n) is 1.42. The van der Waals surface area contributed by atoms with E-state index in [1.54, 1.807) is 0 Å². The molecular formula is C9H11F3N2O4. The predicted molar refractivity (Wildman–Crippen MR) is 51.6 cm³/mol. The summed E-state index contributed by atoms with van der Waals surface area (Å²) in [6.07, 6.45) is -4.93. The molecule has 0 bridgehead atoms. The molecule has 0 aromatic rings. The van der Waals surface area contributed by atoms with Crippen LogP contribution >= 0.6 is 0 Å². The first-order chi connectivity index (χ1) is 8.13. The van der Waals surface area contributed by atoms with Crippen molar-refractivity contribution >= 4 is 17.7 Å². The van der Waals surface area contributed by atoms with Crippen molar-refractivity contribution in [3.05, 3.63) is 0 Å². The predicted octanol–water partition coefficient (Wildman–Crippen LogP) is 0.0747. The number of rotatable bonds is 4. The van der Waals surface area contributed by atoms with E-state index in [9.17, 15) is 27.6 Å². The van der Waals surface area contributed by atoms with Gasteiger partial charge in [-0.2, -0.15) is 13.2 Å². The Kier molecular flexibility index (Phi) is 3.65. The van der Waals surface area contributed by atoms with E-state index in [1.807, 2.05) is 0 Å². The Labute approximate surface area is 100 Å². The van der Waals surface area contributed by atoms with Gasteiger partial charge in [0.25, 0.3) is 5.91 Å². The summed E-state index contributed by atoms with van der Waals surface area (Å²) in [4.78, 5) is 34.2. The second-order valence-corrected chi connectivity index (χ2v) is 3.92. The molecule has 0 aromatic carbocycles. The highest BCUT2D eigenvalue weighted by atomic mass is 19.4. The van der Waals surface area contributed by atoms with E-state index in [1.165, 1.54) is 12.4 Å². The normalized spacial score (nSPS) is 24.4. The first-order valence-electron chi connectivity index (χ1n) is 4.85. The zero-order chi connectivity index (χ0) is 14.1. The lowest BCUT2D eigenvalue weighted by Gasteiger charge is -2.24. The van der Waals surface area contributed by atoms with Crippen molar-refractivity contribution in [2.75, 3.05) is 20.3 Å². The molecule has 1 aliphatic heterocycles. The molecule has 0 aromatic heterocycles. The van der Waals surface area contributed by atoms with Crippen molar-refractivity contribution in [1.82, 2.24) is 10.2 Å². The number of carbonyl (C=O) groups excluding carboxylic acids is 3. The van der Waals surface area contributed by atoms with Crippen molar-refractivity contribution in [2.24, 2.45) is 0 Å². The highest BCUT2D eigenvalue weighted by Crippen LogP contribution is 2.34. The average Bonchev–Trinajstić information content (AvgIpc) is 2.43. The Bertz CT molecular complexity index is 396. The van der Waals surface area contributed by atoms with E-state index in [2.05, 4.69) is 4.74 Å². The van der Waals surface area contributed by atoms with Crippen LogP contribution < -0.4 is 5.32 Å². The number of hydrogen-bond acceptors (Lipinski definition) is 4. The molecule has 3 amide bonds. The van der Waals surface area contributed by atoms with Gasteiger partial charge in [0.15, 0.2) is 5.78 Å². The zero-order valence-corrected chi connectivity index (χ0v) is 9.63. The number of halogens is 3. The van der Waals surface area contributed by atoms with Crippen molar-refractivity contribution in [1.29, 1.82) is 0 Å². The molecule has 1 atom stereocenters. The van der Waals surface area contributed by atoms with Gasteiger partial charge in [0.2, 0.25) is 5.54 Å². The quantitative estimate of drug-likeness (QED) is 0.732.